The molecule has 0 saturated carbocycles. The summed E-state index contributed by atoms with van der Waals surface area (Å²) < 4.78 is 2.03. The zero-order chi connectivity index (χ0) is 14.4. The number of carbonyl (C=O) groups is 1. The molecule has 0 bridgehead atoms. The molecule has 5 heteroatoms. The molecule has 1 aromatic rings. The summed E-state index contributed by atoms with van der Waals surface area (Å²) in [6.07, 6.45) is 10.3. The van der Waals surface area contributed by atoms with Gasteiger partial charge in [-0.1, -0.05) is 12.8 Å². The van der Waals surface area contributed by atoms with Crippen molar-refractivity contribution < 1.29 is 4.79 Å². The SMILES string of the molecule is CC(Cn1ccnc1)NC(C)C(=O)N1CCCCCC1. The predicted octanol–water partition coefficient (Wildman–Crippen LogP) is 1.65. The smallest absolute Gasteiger partial charge is 0.239 e. The number of nitrogens with zero attached hydrogens (tertiary/aromatic N) is 3. The monoisotopic (exact) mass is 278 g/mol. The van der Waals surface area contributed by atoms with Crippen LogP contribution in [0.4, 0.5) is 0 Å². The topological polar surface area (TPSA) is 50.2 Å². The first kappa shape index (κ1) is 15.0. The van der Waals surface area contributed by atoms with E-state index in [0.717, 1.165) is 32.5 Å². The van der Waals surface area contributed by atoms with Crippen LogP contribution < -0.4 is 5.32 Å². The quantitative estimate of drug-likeness (QED) is 0.891. The Morgan fingerprint density at radius 3 is 2.55 bits per heavy atom. The van der Waals surface area contributed by atoms with Crippen molar-refractivity contribution in [1.29, 1.82) is 0 Å². The lowest BCUT2D eigenvalue weighted by Crippen LogP contribution is -2.48. The van der Waals surface area contributed by atoms with Crippen LogP contribution in [0.3, 0.4) is 0 Å². The number of imidazole rings is 1. The van der Waals surface area contributed by atoms with Crippen LogP contribution >= 0.6 is 0 Å². The summed E-state index contributed by atoms with van der Waals surface area (Å²) in [6, 6.07) is 0.127. The predicted molar refractivity (Wildman–Crippen MR) is 79.3 cm³/mol. The molecule has 1 N–H and O–H groups in total. The maximum absolute atomic E-state index is 12.4. The van der Waals surface area contributed by atoms with Gasteiger partial charge in [0.1, 0.15) is 0 Å². The zero-order valence-corrected chi connectivity index (χ0v) is 12.6. The molecule has 1 aliphatic heterocycles. The molecule has 0 radical (unpaired) electrons. The van der Waals surface area contributed by atoms with Gasteiger partial charge in [-0.05, 0) is 26.7 Å². The van der Waals surface area contributed by atoms with E-state index in [1.165, 1.54) is 12.8 Å². The first-order valence-corrected chi connectivity index (χ1v) is 7.67. The van der Waals surface area contributed by atoms with E-state index in [0.29, 0.717) is 0 Å². The molecule has 0 spiro atoms. The fourth-order valence-electron chi connectivity index (χ4n) is 2.83. The molecule has 20 heavy (non-hydrogen) atoms. The van der Waals surface area contributed by atoms with Crippen molar-refractivity contribution in [3.05, 3.63) is 18.7 Å². The van der Waals surface area contributed by atoms with Crippen LogP contribution in [0.15, 0.2) is 18.7 Å². The molecular weight excluding hydrogens is 252 g/mol. The number of amides is 1. The third-order valence-electron chi connectivity index (χ3n) is 3.87. The summed E-state index contributed by atoms with van der Waals surface area (Å²) in [4.78, 5) is 18.5. The molecule has 0 aromatic carbocycles. The van der Waals surface area contributed by atoms with Crippen LogP contribution in [0.2, 0.25) is 0 Å². The number of aromatic nitrogens is 2. The molecule has 2 atom stereocenters. The van der Waals surface area contributed by atoms with E-state index in [2.05, 4.69) is 17.2 Å². The molecule has 1 saturated heterocycles. The van der Waals surface area contributed by atoms with E-state index in [4.69, 9.17) is 0 Å². The largest absolute Gasteiger partial charge is 0.341 e. The van der Waals surface area contributed by atoms with Gasteiger partial charge in [-0.15, -0.1) is 0 Å². The maximum atomic E-state index is 12.4. The summed E-state index contributed by atoms with van der Waals surface area (Å²) in [6.45, 7) is 6.74. The van der Waals surface area contributed by atoms with E-state index in [1.807, 2.05) is 22.6 Å². The number of carbonyl (C=O) groups excluding carboxylic acids is 1. The second-order valence-corrected chi connectivity index (χ2v) is 5.79. The lowest BCUT2D eigenvalue weighted by Gasteiger charge is -2.26. The molecule has 2 rings (SSSR count). The van der Waals surface area contributed by atoms with Gasteiger partial charge in [-0.25, -0.2) is 4.98 Å². The van der Waals surface area contributed by atoms with Crippen LogP contribution in [0.5, 0.6) is 0 Å². The van der Waals surface area contributed by atoms with Gasteiger partial charge in [-0.2, -0.15) is 0 Å². The average Bonchev–Trinajstić information content (AvgIpc) is 2.77. The normalized spacial score (nSPS) is 19.4. The summed E-state index contributed by atoms with van der Waals surface area (Å²) in [5.74, 6) is 0.240. The van der Waals surface area contributed by atoms with Crippen molar-refractivity contribution >= 4 is 5.91 Å². The second-order valence-electron chi connectivity index (χ2n) is 5.79. The van der Waals surface area contributed by atoms with Crippen LogP contribution in [0, 0.1) is 0 Å². The minimum Gasteiger partial charge on any atom is -0.341 e. The molecule has 2 unspecified atom stereocenters. The van der Waals surface area contributed by atoms with Crippen molar-refractivity contribution in [3.8, 4) is 0 Å². The Morgan fingerprint density at radius 2 is 1.95 bits per heavy atom. The van der Waals surface area contributed by atoms with E-state index in [1.54, 1.807) is 12.5 Å². The summed E-state index contributed by atoms with van der Waals surface area (Å²) in [7, 11) is 0. The Hall–Kier alpha value is -1.36. The Bertz CT molecular complexity index is 396. The minimum absolute atomic E-state index is 0.119. The molecule has 1 amide bonds. The molecule has 0 aliphatic carbocycles. The van der Waals surface area contributed by atoms with Crippen LogP contribution in [0.1, 0.15) is 39.5 Å². The fourth-order valence-corrected chi connectivity index (χ4v) is 2.83. The van der Waals surface area contributed by atoms with Crippen molar-refractivity contribution in [2.75, 3.05) is 13.1 Å². The molecule has 2 heterocycles. The van der Waals surface area contributed by atoms with Crippen molar-refractivity contribution in [2.24, 2.45) is 0 Å². The number of hydrogen-bond acceptors (Lipinski definition) is 3. The van der Waals surface area contributed by atoms with Crippen molar-refractivity contribution in [2.45, 2.75) is 58.2 Å². The van der Waals surface area contributed by atoms with E-state index in [-0.39, 0.29) is 18.0 Å². The van der Waals surface area contributed by atoms with Crippen molar-refractivity contribution in [3.63, 3.8) is 0 Å². The van der Waals surface area contributed by atoms with Gasteiger partial charge in [0.25, 0.3) is 0 Å². The second kappa shape index (κ2) is 7.43. The van der Waals surface area contributed by atoms with Crippen molar-refractivity contribution in [1.82, 2.24) is 19.8 Å². The molecule has 1 aliphatic rings. The van der Waals surface area contributed by atoms with Gasteiger partial charge in [0.2, 0.25) is 5.91 Å². The summed E-state index contributed by atoms with van der Waals surface area (Å²) in [5.41, 5.74) is 0. The third kappa shape index (κ3) is 4.34. The molecule has 5 nitrogen and oxygen atoms in total. The highest BCUT2D eigenvalue weighted by molar-refractivity contribution is 5.81. The Kier molecular flexibility index (Phi) is 5.59. The van der Waals surface area contributed by atoms with Crippen LogP contribution in [-0.2, 0) is 11.3 Å². The van der Waals surface area contributed by atoms with Gasteiger partial charge in [0.05, 0.1) is 12.4 Å². The lowest BCUT2D eigenvalue weighted by molar-refractivity contribution is -0.133. The number of hydrogen-bond donors (Lipinski definition) is 1. The minimum atomic E-state index is -0.119. The fraction of sp³-hybridized carbons (Fsp3) is 0.733. The Balaban J connectivity index is 1.80. The highest BCUT2D eigenvalue weighted by Gasteiger charge is 2.22. The van der Waals surface area contributed by atoms with E-state index < -0.39 is 0 Å². The van der Waals surface area contributed by atoms with Crippen LogP contribution in [0.25, 0.3) is 0 Å². The third-order valence-corrected chi connectivity index (χ3v) is 3.87. The first-order valence-electron chi connectivity index (χ1n) is 7.67. The molecular formula is C15H26N4O. The lowest BCUT2D eigenvalue weighted by atomic mass is 10.2. The van der Waals surface area contributed by atoms with Gasteiger partial charge in [0, 0.05) is 38.1 Å². The highest BCUT2D eigenvalue weighted by atomic mass is 16.2. The van der Waals surface area contributed by atoms with Gasteiger partial charge >= 0.3 is 0 Å². The molecule has 112 valence electrons. The van der Waals surface area contributed by atoms with Gasteiger partial charge in [0.15, 0.2) is 0 Å². The molecule has 1 fully saturated rings. The molecule has 1 aromatic heterocycles. The number of rotatable bonds is 5. The first-order chi connectivity index (χ1) is 9.66. The standard InChI is InChI=1S/C15H26N4O/c1-13(11-18-10-7-16-12-18)17-14(2)15(20)19-8-5-3-4-6-9-19/h7,10,12-14,17H,3-6,8-9,11H2,1-2H3. The van der Waals surface area contributed by atoms with Crippen LogP contribution in [-0.4, -0.2) is 45.5 Å². The summed E-state index contributed by atoms with van der Waals surface area (Å²) >= 11 is 0. The van der Waals surface area contributed by atoms with Gasteiger partial charge < -0.3 is 14.8 Å². The zero-order valence-electron chi connectivity index (χ0n) is 12.6. The van der Waals surface area contributed by atoms with E-state index in [9.17, 15) is 4.79 Å². The van der Waals surface area contributed by atoms with E-state index >= 15 is 0 Å². The highest BCUT2D eigenvalue weighted by Crippen LogP contribution is 2.11. The Morgan fingerprint density at radius 1 is 1.25 bits per heavy atom. The number of nitrogens with one attached hydrogen (secondary N) is 1. The summed E-state index contributed by atoms with van der Waals surface area (Å²) in [5, 5.41) is 3.40. The Labute approximate surface area is 121 Å². The maximum Gasteiger partial charge on any atom is 0.239 e. The number of likely N-dealkylation sites (tertiary alicyclic amines) is 1. The average molecular weight is 278 g/mol. The van der Waals surface area contributed by atoms with Gasteiger partial charge in [-0.3, -0.25) is 4.79 Å².